The predicted molar refractivity (Wildman–Crippen MR) is 102 cm³/mol. The van der Waals surface area contributed by atoms with Crippen molar-refractivity contribution in [2.24, 2.45) is 5.92 Å². The van der Waals surface area contributed by atoms with Gasteiger partial charge in [-0.3, -0.25) is 9.59 Å². The van der Waals surface area contributed by atoms with Gasteiger partial charge in [0.05, 0.1) is 0 Å². The van der Waals surface area contributed by atoms with E-state index in [9.17, 15) is 9.59 Å². The van der Waals surface area contributed by atoms with E-state index >= 15 is 0 Å². The summed E-state index contributed by atoms with van der Waals surface area (Å²) in [5.41, 5.74) is 0. The molecule has 0 unspecified atom stereocenters. The summed E-state index contributed by atoms with van der Waals surface area (Å²) in [5, 5.41) is 5.95. The number of rotatable bonds is 9. The molecule has 0 spiro atoms. The number of likely N-dealkylation sites (tertiary alicyclic amines) is 1. The Balaban J connectivity index is -0.00000127. The number of carbonyl (C=O) groups is 2. The fourth-order valence-corrected chi connectivity index (χ4v) is 2.58. The van der Waals surface area contributed by atoms with Gasteiger partial charge >= 0.3 is 0 Å². The molecular weight excluding hydrogens is 306 g/mol. The molecule has 1 rings (SSSR count). The third kappa shape index (κ3) is 10.6. The molecule has 0 aromatic rings. The Morgan fingerprint density at radius 3 is 2.38 bits per heavy atom. The number of amides is 2. The van der Waals surface area contributed by atoms with Gasteiger partial charge in [-0.25, -0.2) is 0 Å². The molecule has 6 nitrogen and oxygen atoms in total. The first-order valence-electron chi connectivity index (χ1n) is 9.31. The Bertz CT molecular complexity index is 351. The van der Waals surface area contributed by atoms with Crippen LogP contribution in [0.1, 0.15) is 56.2 Å². The number of nitrogens with zero attached hydrogens (tertiary/aromatic N) is 1. The van der Waals surface area contributed by atoms with Gasteiger partial charge in [0, 0.05) is 41.6 Å². The molecule has 0 bridgehead atoms. The maximum absolute atomic E-state index is 11.5. The van der Waals surface area contributed by atoms with Crippen LogP contribution in [0.15, 0.2) is 0 Å². The molecule has 1 heterocycles. The highest BCUT2D eigenvalue weighted by Crippen LogP contribution is 2.11. The van der Waals surface area contributed by atoms with Crippen LogP contribution in [0.3, 0.4) is 0 Å². The van der Waals surface area contributed by atoms with Crippen molar-refractivity contribution in [3.05, 3.63) is 0 Å². The van der Waals surface area contributed by atoms with Crippen LogP contribution in [0.5, 0.6) is 0 Å². The number of nitrogens with one attached hydrogen (secondary N) is 2. The smallest absolute Gasteiger partial charge is 0.246 e. The summed E-state index contributed by atoms with van der Waals surface area (Å²) in [6.07, 6.45) is 4.11. The first kappa shape index (κ1) is 22.9. The van der Waals surface area contributed by atoms with Crippen molar-refractivity contribution < 1.29 is 17.2 Å². The van der Waals surface area contributed by atoms with Gasteiger partial charge in [-0.1, -0.05) is 27.7 Å². The van der Waals surface area contributed by atoms with Gasteiger partial charge in [-0.05, 0) is 32.2 Å². The van der Waals surface area contributed by atoms with E-state index in [0.717, 1.165) is 51.9 Å². The lowest BCUT2D eigenvalue weighted by atomic mass is 10.0. The van der Waals surface area contributed by atoms with E-state index in [0.29, 0.717) is 0 Å². The molecule has 2 amide bonds. The number of hydrogen-bond donors (Lipinski definition) is 2. The molecule has 6 heteroatoms. The maximum atomic E-state index is 11.5. The van der Waals surface area contributed by atoms with Crippen LogP contribution >= 0.6 is 0 Å². The Morgan fingerprint density at radius 2 is 1.83 bits per heavy atom. The second-order valence-electron chi connectivity index (χ2n) is 6.27. The summed E-state index contributed by atoms with van der Waals surface area (Å²) in [4.78, 5) is 25.3. The fraction of sp³-hybridized carbons (Fsp3) is 0.889. The number of piperidine rings is 1. The highest BCUT2D eigenvalue weighted by atomic mass is 16.5. The van der Waals surface area contributed by atoms with Crippen LogP contribution in [-0.4, -0.2) is 62.7 Å². The summed E-state index contributed by atoms with van der Waals surface area (Å²) in [7, 11) is 1.53. The van der Waals surface area contributed by atoms with Crippen LogP contribution in [-0.2, 0) is 14.3 Å². The largest absolute Gasteiger partial charge is 0.375 e. The van der Waals surface area contributed by atoms with Crippen LogP contribution < -0.4 is 10.6 Å². The van der Waals surface area contributed by atoms with E-state index in [1.165, 1.54) is 7.11 Å². The van der Waals surface area contributed by atoms with E-state index in [2.05, 4.69) is 15.5 Å². The molecule has 0 atom stereocenters. The fourth-order valence-electron chi connectivity index (χ4n) is 2.58. The third-order valence-corrected chi connectivity index (χ3v) is 3.95. The molecule has 0 radical (unpaired) electrons. The van der Waals surface area contributed by atoms with E-state index in [4.69, 9.17) is 4.74 Å². The monoisotopic (exact) mass is 347 g/mol. The zero-order valence-electron chi connectivity index (χ0n) is 16.2. The van der Waals surface area contributed by atoms with Crippen LogP contribution in [0.2, 0.25) is 0 Å². The highest BCUT2D eigenvalue weighted by Gasteiger charge is 2.20. The number of carbonyl (C=O) groups excluding carboxylic acids is 2. The van der Waals surface area contributed by atoms with Crippen LogP contribution in [0.25, 0.3) is 0 Å². The van der Waals surface area contributed by atoms with Crippen LogP contribution in [0.4, 0.5) is 0 Å². The molecule has 0 aromatic carbocycles. The van der Waals surface area contributed by atoms with Crippen molar-refractivity contribution in [1.82, 2.24) is 15.5 Å². The molecule has 1 saturated heterocycles. The van der Waals surface area contributed by atoms with Gasteiger partial charge in [-0.2, -0.15) is 0 Å². The average Bonchev–Trinajstić information content (AvgIpc) is 2.57. The standard InChI is InChI=1S/C16H31N3O3.C2H6.2H2/c1-13(2)16(21)17-8-4-5-9-19-10-6-14(7-11-19)18-15(20)12-22-3;1-2;;/h13-14H,4-12H2,1-3H3,(H,17,21)(H,18,20);1-2H3;2*1H. The molecule has 1 fully saturated rings. The molecule has 1 aliphatic heterocycles. The lowest BCUT2D eigenvalue weighted by Crippen LogP contribution is -2.45. The number of unbranched alkanes of at least 4 members (excludes halogenated alkanes) is 1. The Hall–Kier alpha value is -1.14. The second kappa shape index (κ2) is 14.2. The molecule has 0 aliphatic carbocycles. The summed E-state index contributed by atoms with van der Waals surface area (Å²) in [6.45, 7) is 11.8. The Kier molecular flexibility index (Phi) is 13.5. The average molecular weight is 348 g/mol. The van der Waals surface area contributed by atoms with Crippen molar-refractivity contribution in [3.63, 3.8) is 0 Å². The van der Waals surface area contributed by atoms with Crippen LogP contribution in [0, 0.1) is 5.92 Å². The minimum Gasteiger partial charge on any atom is -0.375 e. The SMILES string of the molecule is CC.COCC(=O)NC1CCN(CCCCNC(=O)C(C)C)CC1.[HH].[HH]. The van der Waals surface area contributed by atoms with E-state index in [1.54, 1.807) is 0 Å². The van der Waals surface area contributed by atoms with Crippen molar-refractivity contribution in [3.8, 4) is 0 Å². The third-order valence-electron chi connectivity index (χ3n) is 3.95. The number of methoxy groups -OCH3 is 1. The van der Waals surface area contributed by atoms with Crippen molar-refractivity contribution in [1.29, 1.82) is 0 Å². The second-order valence-corrected chi connectivity index (χ2v) is 6.27. The van der Waals surface area contributed by atoms with E-state index < -0.39 is 0 Å². The highest BCUT2D eigenvalue weighted by molar-refractivity contribution is 5.77. The zero-order valence-corrected chi connectivity index (χ0v) is 16.2. The molecule has 0 saturated carbocycles. The van der Waals surface area contributed by atoms with Gasteiger partial charge in [0.15, 0.2) is 0 Å². The summed E-state index contributed by atoms with van der Waals surface area (Å²) < 4.78 is 4.82. The molecular formula is C18H41N3O3. The molecule has 1 aliphatic rings. The maximum Gasteiger partial charge on any atom is 0.246 e. The van der Waals surface area contributed by atoms with Gasteiger partial charge in [0.1, 0.15) is 6.61 Å². The van der Waals surface area contributed by atoms with Gasteiger partial charge in [0.25, 0.3) is 0 Å². The molecule has 24 heavy (non-hydrogen) atoms. The van der Waals surface area contributed by atoms with Crippen molar-refractivity contribution in [2.45, 2.75) is 59.4 Å². The predicted octanol–water partition coefficient (Wildman–Crippen LogP) is 2.28. The molecule has 146 valence electrons. The van der Waals surface area contributed by atoms with Gasteiger partial charge in [0.2, 0.25) is 11.8 Å². The van der Waals surface area contributed by atoms with Gasteiger partial charge < -0.3 is 20.3 Å². The summed E-state index contributed by atoms with van der Waals surface area (Å²) in [5.74, 6) is 0.168. The zero-order chi connectivity index (χ0) is 18.4. The Labute approximate surface area is 150 Å². The van der Waals surface area contributed by atoms with Crippen molar-refractivity contribution in [2.75, 3.05) is 39.9 Å². The minimum absolute atomic E-state index is 0. The van der Waals surface area contributed by atoms with Gasteiger partial charge in [-0.15, -0.1) is 0 Å². The summed E-state index contributed by atoms with van der Waals surface area (Å²) in [6, 6.07) is 0.282. The topological polar surface area (TPSA) is 70.7 Å². The molecule has 0 aromatic heterocycles. The normalized spacial score (nSPS) is 15.6. The summed E-state index contributed by atoms with van der Waals surface area (Å²) >= 11 is 0. The van der Waals surface area contributed by atoms with Crippen molar-refractivity contribution >= 4 is 11.8 Å². The number of hydrogen-bond acceptors (Lipinski definition) is 4. The van der Waals surface area contributed by atoms with E-state index in [-0.39, 0.29) is 33.2 Å². The lowest BCUT2D eigenvalue weighted by Gasteiger charge is -2.32. The number of ether oxygens (including phenoxy) is 1. The minimum atomic E-state index is -0.0261. The first-order valence-corrected chi connectivity index (χ1v) is 9.31. The quantitative estimate of drug-likeness (QED) is 0.628. The molecule has 2 N–H and O–H groups in total. The first-order chi connectivity index (χ1) is 11.5. The van der Waals surface area contributed by atoms with E-state index in [1.807, 2.05) is 27.7 Å². The lowest BCUT2D eigenvalue weighted by molar-refractivity contribution is -0.126. The Morgan fingerprint density at radius 1 is 1.21 bits per heavy atom.